The summed E-state index contributed by atoms with van der Waals surface area (Å²) in [6, 6.07) is 8.60. The third-order valence-corrected chi connectivity index (χ3v) is 2.87. The minimum atomic E-state index is 0.673. The lowest BCUT2D eigenvalue weighted by atomic mass is 10.0. The number of ether oxygens (including phenoxy) is 1. The number of methoxy groups -OCH3 is 1. The fourth-order valence-electron chi connectivity index (χ4n) is 1.95. The molecule has 1 heteroatoms. The van der Waals surface area contributed by atoms with Gasteiger partial charge in [-0.2, -0.15) is 0 Å². The summed E-state index contributed by atoms with van der Waals surface area (Å²) in [6.45, 7) is 5.25. The van der Waals surface area contributed by atoms with Crippen LogP contribution in [0.15, 0.2) is 30.3 Å². The average molecular weight is 232 g/mol. The number of rotatable bonds is 7. The molecule has 1 rings (SSSR count). The highest BCUT2D eigenvalue weighted by molar-refractivity contribution is 5.49. The Kier molecular flexibility index (Phi) is 6.64. The van der Waals surface area contributed by atoms with Gasteiger partial charge >= 0.3 is 0 Å². The molecule has 0 bridgehead atoms. The lowest BCUT2D eigenvalue weighted by molar-refractivity contribution is 0.155. The molecule has 1 atom stereocenters. The van der Waals surface area contributed by atoms with Crippen LogP contribution in [0, 0.1) is 12.8 Å². The van der Waals surface area contributed by atoms with Crippen LogP contribution < -0.4 is 0 Å². The summed E-state index contributed by atoms with van der Waals surface area (Å²) >= 11 is 0. The van der Waals surface area contributed by atoms with Crippen molar-refractivity contribution in [1.82, 2.24) is 0 Å². The third kappa shape index (κ3) is 6.28. The van der Waals surface area contributed by atoms with Crippen molar-refractivity contribution in [2.24, 2.45) is 5.92 Å². The molecule has 0 unspecified atom stereocenters. The van der Waals surface area contributed by atoms with Gasteiger partial charge in [-0.25, -0.2) is 0 Å². The molecule has 0 aliphatic rings. The number of hydrogen-bond acceptors (Lipinski definition) is 1. The highest BCUT2D eigenvalue weighted by atomic mass is 16.5. The molecule has 94 valence electrons. The normalized spacial score (nSPS) is 13.1. The van der Waals surface area contributed by atoms with Crippen LogP contribution >= 0.6 is 0 Å². The third-order valence-electron chi connectivity index (χ3n) is 2.87. The van der Waals surface area contributed by atoms with Crippen molar-refractivity contribution in [3.05, 3.63) is 41.5 Å². The fraction of sp³-hybridized carbons (Fsp3) is 0.500. The van der Waals surface area contributed by atoms with Gasteiger partial charge in [-0.3, -0.25) is 0 Å². The van der Waals surface area contributed by atoms with Crippen LogP contribution in [0.2, 0.25) is 0 Å². The summed E-state index contributed by atoms with van der Waals surface area (Å²) in [5, 5.41) is 0. The van der Waals surface area contributed by atoms with E-state index in [0.29, 0.717) is 5.92 Å². The van der Waals surface area contributed by atoms with Crippen molar-refractivity contribution < 1.29 is 4.74 Å². The predicted molar refractivity (Wildman–Crippen MR) is 75.1 cm³/mol. The molecule has 0 aliphatic heterocycles. The van der Waals surface area contributed by atoms with E-state index in [1.165, 1.54) is 24.0 Å². The zero-order valence-corrected chi connectivity index (χ0v) is 11.3. The number of hydrogen-bond donors (Lipinski definition) is 0. The number of aryl methyl sites for hydroxylation is 1. The first-order valence-electron chi connectivity index (χ1n) is 6.44. The van der Waals surface area contributed by atoms with E-state index in [1.807, 2.05) is 0 Å². The van der Waals surface area contributed by atoms with Gasteiger partial charge in [0.2, 0.25) is 0 Å². The summed E-state index contributed by atoms with van der Waals surface area (Å²) in [5.74, 6) is 0.673. The molecular formula is C16H24O. The van der Waals surface area contributed by atoms with Crippen molar-refractivity contribution in [2.45, 2.75) is 33.1 Å². The van der Waals surface area contributed by atoms with E-state index in [4.69, 9.17) is 4.74 Å². The van der Waals surface area contributed by atoms with Gasteiger partial charge in [-0.15, -0.1) is 0 Å². The van der Waals surface area contributed by atoms with Crippen LogP contribution in [0.5, 0.6) is 0 Å². The molecular weight excluding hydrogens is 208 g/mol. The maximum Gasteiger partial charge on any atom is 0.0487 e. The van der Waals surface area contributed by atoms with E-state index in [9.17, 15) is 0 Å². The van der Waals surface area contributed by atoms with E-state index in [-0.39, 0.29) is 0 Å². The summed E-state index contributed by atoms with van der Waals surface area (Å²) < 4.78 is 5.13. The van der Waals surface area contributed by atoms with E-state index >= 15 is 0 Å². The van der Waals surface area contributed by atoms with Gasteiger partial charge in [0.15, 0.2) is 0 Å². The highest BCUT2D eigenvalue weighted by Gasteiger charge is 1.99. The van der Waals surface area contributed by atoms with Crippen molar-refractivity contribution in [3.63, 3.8) is 0 Å². The molecule has 0 amide bonds. The lowest BCUT2D eigenvalue weighted by Gasteiger charge is -2.07. The maximum atomic E-state index is 5.13. The zero-order valence-electron chi connectivity index (χ0n) is 11.3. The van der Waals surface area contributed by atoms with Crippen molar-refractivity contribution in [3.8, 4) is 0 Å². The molecule has 0 spiro atoms. The molecule has 0 fully saturated rings. The first kappa shape index (κ1) is 14.0. The summed E-state index contributed by atoms with van der Waals surface area (Å²) in [4.78, 5) is 0. The van der Waals surface area contributed by atoms with Gasteiger partial charge in [0.1, 0.15) is 0 Å². The summed E-state index contributed by atoms with van der Waals surface area (Å²) in [5.41, 5.74) is 2.62. The van der Waals surface area contributed by atoms with Crippen LogP contribution in [-0.2, 0) is 4.74 Å². The Labute approximate surface area is 106 Å². The second-order valence-electron chi connectivity index (χ2n) is 4.81. The van der Waals surface area contributed by atoms with Gasteiger partial charge in [-0.05, 0) is 37.7 Å². The maximum absolute atomic E-state index is 5.13. The van der Waals surface area contributed by atoms with Crippen molar-refractivity contribution in [2.75, 3.05) is 13.7 Å². The fourth-order valence-corrected chi connectivity index (χ4v) is 1.95. The Balaban J connectivity index is 2.22. The van der Waals surface area contributed by atoms with E-state index in [0.717, 1.165) is 13.0 Å². The number of allylic oxidation sites excluding steroid dienone is 1. The Bertz CT molecular complexity index is 341. The molecule has 0 aromatic heterocycles. The number of unbranched alkanes of at least 4 members (excludes halogenated alkanes) is 1. The van der Waals surface area contributed by atoms with Gasteiger partial charge < -0.3 is 4.74 Å². The minimum Gasteiger partial charge on any atom is -0.384 e. The first-order chi connectivity index (χ1) is 8.22. The van der Waals surface area contributed by atoms with Crippen LogP contribution in [0.25, 0.3) is 6.08 Å². The topological polar surface area (TPSA) is 9.23 Å². The van der Waals surface area contributed by atoms with Crippen LogP contribution in [0.3, 0.4) is 0 Å². The molecule has 0 N–H and O–H groups in total. The molecule has 1 aromatic rings. The Morgan fingerprint density at radius 2 is 2.18 bits per heavy atom. The molecule has 0 heterocycles. The summed E-state index contributed by atoms with van der Waals surface area (Å²) in [7, 11) is 1.77. The van der Waals surface area contributed by atoms with E-state index in [2.05, 4.69) is 50.3 Å². The van der Waals surface area contributed by atoms with Gasteiger partial charge in [0, 0.05) is 13.7 Å². The Morgan fingerprint density at radius 1 is 1.35 bits per heavy atom. The van der Waals surface area contributed by atoms with Gasteiger partial charge in [0.05, 0.1) is 0 Å². The highest BCUT2D eigenvalue weighted by Crippen LogP contribution is 2.10. The van der Waals surface area contributed by atoms with E-state index < -0.39 is 0 Å². The monoisotopic (exact) mass is 232 g/mol. The van der Waals surface area contributed by atoms with Crippen molar-refractivity contribution >= 4 is 6.08 Å². The van der Waals surface area contributed by atoms with E-state index in [1.54, 1.807) is 7.11 Å². The molecule has 1 nitrogen and oxygen atoms in total. The Morgan fingerprint density at radius 3 is 2.88 bits per heavy atom. The van der Waals surface area contributed by atoms with Crippen LogP contribution in [0.1, 0.15) is 37.3 Å². The second-order valence-corrected chi connectivity index (χ2v) is 4.81. The van der Waals surface area contributed by atoms with Crippen LogP contribution in [-0.4, -0.2) is 13.7 Å². The standard InChI is InChI=1S/C16H24O/c1-14-9-7-11-16(12-14)10-6-4-5-8-15(2)13-17-3/h6-7,9-12,15H,4-5,8,13H2,1-3H3/b10-6+/t15-/m1/s1. The molecule has 1 aromatic carbocycles. The molecule has 0 aliphatic carbocycles. The lowest BCUT2D eigenvalue weighted by Crippen LogP contribution is -2.02. The number of benzene rings is 1. The molecule has 0 saturated heterocycles. The average Bonchev–Trinajstić information content (AvgIpc) is 2.29. The molecule has 0 saturated carbocycles. The minimum absolute atomic E-state index is 0.673. The molecule has 17 heavy (non-hydrogen) atoms. The second kappa shape index (κ2) is 8.08. The van der Waals surface area contributed by atoms with Crippen molar-refractivity contribution in [1.29, 1.82) is 0 Å². The largest absolute Gasteiger partial charge is 0.384 e. The SMILES string of the molecule is COC[C@H](C)CCC/C=C/c1cccc(C)c1. The molecule has 0 radical (unpaired) electrons. The quantitative estimate of drug-likeness (QED) is 0.631. The summed E-state index contributed by atoms with van der Waals surface area (Å²) in [6.07, 6.45) is 8.13. The first-order valence-corrected chi connectivity index (χ1v) is 6.44. The van der Waals surface area contributed by atoms with Gasteiger partial charge in [-0.1, -0.05) is 48.9 Å². The van der Waals surface area contributed by atoms with Gasteiger partial charge in [0.25, 0.3) is 0 Å². The smallest absolute Gasteiger partial charge is 0.0487 e. The Hall–Kier alpha value is -1.08. The van der Waals surface area contributed by atoms with Crippen LogP contribution in [0.4, 0.5) is 0 Å². The predicted octanol–water partition coefficient (Wildman–Crippen LogP) is 4.46. The zero-order chi connectivity index (χ0) is 12.5.